The summed E-state index contributed by atoms with van der Waals surface area (Å²) >= 11 is 0. The maximum absolute atomic E-state index is 12.5. The van der Waals surface area contributed by atoms with Crippen molar-refractivity contribution in [3.05, 3.63) is 0 Å². The fraction of sp³-hybridized carbons (Fsp3) is 0.975. The van der Waals surface area contributed by atoms with Gasteiger partial charge in [0.15, 0.2) is 0 Å². The van der Waals surface area contributed by atoms with Crippen molar-refractivity contribution in [2.75, 3.05) is 6.61 Å². The van der Waals surface area contributed by atoms with E-state index in [1.165, 1.54) is 141 Å². The van der Waals surface area contributed by atoms with E-state index in [4.69, 9.17) is 0 Å². The molecule has 46 heavy (non-hydrogen) atoms. The van der Waals surface area contributed by atoms with Crippen LogP contribution in [0.15, 0.2) is 0 Å². The fourth-order valence-electron chi connectivity index (χ4n) is 6.47. The molecule has 276 valence electrons. The molecule has 0 aromatic carbocycles. The highest BCUT2D eigenvalue weighted by molar-refractivity contribution is 5.80. The molecule has 0 aliphatic carbocycles. The smallest absolute Gasteiger partial charge is 0.249 e. The van der Waals surface area contributed by atoms with Crippen molar-refractivity contribution in [3.8, 4) is 0 Å². The normalized spacial score (nSPS) is 14.4. The highest BCUT2D eigenvalue weighted by Gasteiger charge is 2.28. The fourth-order valence-corrected chi connectivity index (χ4v) is 6.47. The van der Waals surface area contributed by atoms with Gasteiger partial charge in [-0.15, -0.1) is 0 Å². The highest BCUT2D eigenvalue weighted by Crippen LogP contribution is 2.17. The number of rotatable bonds is 36. The van der Waals surface area contributed by atoms with Gasteiger partial charge in [-0.3, -0.25) is 4.79 Å². The summed E-state index contributed by atoms with van der Waals surface area (Å²) in [7, 11) is 0. The van der Waals surface area contributed by atoms with E-state index in [1.807, 2.05) is 0 Å². The van der Waals surface area contributed by atoms with Gasteiger partial charge in [-0.25, -0.2) is 0 Å². The van der Waals surface area contributed by atoms with Gasteiger partial charge in [-0.1, -0.05) is 201 Å². The van der Waals surface area contributed by atoms with Crippen LogP contribution >= 0.6 is 0 Å². The minimum Gasteiger partial charge on any atom is -0.394 e. The predicted molar refractivity (Wildman–Crippen MR) is 196 cm³/mol. The number of aliphatic hydroxyl groups is 4. The van der Waals surface area contributed by atoms with Crippen molar-refractivity contribution in [3.63, 3.8) is 0 Å². The SMILES string of the molecule is CCCCCCCCCCCCC(O)C(O)C(CO)NC(=O)C(O)CCCCCCCCCCCCCCCCCCCC(C)C. The minimum atomic E-state index is -1.25. The van der Waals surface area contributed by atoms with Crippen LogP contribution in [-0.2, 0) is 4.79 Å². The summed E-state index contributed by atoms with van der Waals surface area (Å²) in [5.74, 6) is 0.273. The molecule has 0 saturated carbocycles. The van der Waals surface area contributed by atoms with Crippen molar-refractivity contribution >= 4 is 5.91 Å². The number of hydrogen-bond acceptors (Lipinski definition) is 5. The second-order valence-corrected chi connectivity index (χ2v) is 14.8. The molecule has 0 aliphatic heterocycles. The Kier molecular flexibility index (Phi) is 33.7. The third-order valence-electron chi connectivity index (χ3n) is 9.75. The van der Waals surface area contributed by atoms with Crippen LogP contribution in [0.2, 0.25) is 0 Å². The van der Waals surface area contributed by atoms with Gasteiger partial charge in [0.05, 0.1) is 18.8 Å². The number of nitrogens with one attached hydrogen (secondary N) is 1. The molecule has 0 bridgehead atoms. The maximum Gasteiger partial charge on any atom is 0.249 e. The van der Waals surface area contributed by atoms with E-state index in [-0.39, 0.29) is 0 Å². The standard InChI is InChI=1S/C40H81NO5/c1-4-5-6-7-8-9-20-23-26-29-32-37(43)39(45)36(34-42)41-40(46)38(44)33-30-27-24-21-18-16-14-12-10-11-13-15-17-19-22-25-28-31-35(2)3/h35-39,42-45H,4-34H2,1-3H3,(H,41,46). The van der Waals surface area contributed by atoms with Crippen LogP contribution < -0.4 is 5.32 Å². The van der Waals surface area contributed by atoms with E-state index in [9.17, 15) is 25.2 Å². The highest BCUT2D eigenvalue weighted by atomic mass is 16.3. The Morgan fingerprint density at radius 2 is 0.826 bits per heavy atom. The van der Waals surface area contributed by atoms with Crippen LogP contribution in [0, 0.1) is 5.92 Å². The van der Waals surface area contributed by atoms with E-state index in [0.717, 1.165) is 44.4 Å². The maximum atomic E-state index is 12.5. The van der Waals surface area contributed by atoms with Crippen molar-refractivity contribution in [1.29, 1.82) is 0 Å². The molecule has 1 amide bonds. The molecule has 5 N–H and O–H groups in total. The van der Waals surface area contributed by atoms with Crippen LogP contribution in [-0.4, -0.2) is 57.3 Å². The molecule has 0 heterocycles. The lowest BCUT2D eigenvalue weighted by Crippen LogP contribution is -2.53. The lowest BCUT2D eigenvalue weighted by Gasteiger charge is -2.27. The number of carbonyl (C=O) groups excluding carboxylic acids is 1. The zero-order valence-corrected chi connectivity index (χ0v) is 31.0. The van der Waals surface area contributed by atoms with Crippen LogP contribution in [0.3, 0.4) is 0 Å². The first-order chi connectivity index (χ1) is 22.3. The van der Waals surface area contributed by atoms with E-state index in [0.29, 0.717) is 12.8 Å². The molecular formula is C40H81NO5. The lowest BCUT2D eigenvalue weighted by molar-refractivity contribution is -0.132. The van der Waals surface area contributed by atoms with Gasteiger partial charge in [0.1, 0.15) is 12.2 Å². The van der Waals surface area contributed by atoms with Crippen LogP contribution in [0.4, 0.5) is 0 Å². The van der Waals surface area contributed by atoms with Crippen LogP contribution in [0.25, 0.3) is 0 Å². The Morgan fingerprint density at radius 3 is 1.17 bits per heavy atom. The molecule has 0 fully saturated rings. The summed E-state index contributed by atoms with van der Waals surface area (Å²) in [6.07, 6.45) is 32.7. The van der Waals surface area contributed by atoms with E-state index in [2.05, 4.69) is 26.1 Å². The van der Waals surface area contributed by atoms with E-state index < -0.39 is 36.9 Å². The summed E-state index contributed by atoms with van der Waals surface area (Å²) < 4.78 is 0. The molecule has 6 heteroatoms. The average molecular weight is 656 g/mol. The summed E-state index contributed by atoms with van der Waals surface area (Å²) in [5, 5.41) is 43.5. The van der Waals surface area contributed by atoms with Gasteiger partial charge in [0.2, 0.25) is 5.91 Å². The quantitative estimate of drug-likeness (QED) is 0.0432. The lowest BCUT2D eigenvalue weighted by atomic mass is 9.99. The van der Waals surface area contributed by atoms with Crippen LogP contribution in [0.1, 0.15) is 213 Å². The van der Waals surface area contributed by atoms with Gasteiger partial charge < -0.3 is 25.7 Å². The molecule has 0 spiro atoms. The average Bonchev–Trinajstić information content (AvgIpc) is 3.04. The molecule has 0 saturated heterocycles. The van der Waals surface area contributed by atoms with Gasteiger partial charge >= 0.3 is 0 Å². The monoisotopic (exact) mass is 656 g/mol. The van der Waals surface area contributed by atoms with Gasteiger partial charge in [0.25, 0.3) is 0 Å². The first kappa shape index (κ1) is 45.3. The molecule has 4 atom stereocenters. The van der Waals surface area contributed by atoms with Gasteiger partial charge in [-0.05, 0) is 18.8 Å². The van der Waals surface area contributed by atoms with Crippen molar-refractivity contribution < 1.29 is 25.2 Å². The zero-order chi connectivity index (χ0) is 34.1. The molecule has 4 unspecified atom stereocenters. The zero-order valence-electron chi connectivity index (χ0n) is 31.0. The van der Waals surface area contributed by atoms with E-state index in [1.54, 1.807) is 0 Å². The first-order valence-electron chi connectivity index (χ1n) is 20.3. The topological polar surface area (TPSA) is 110 Å². The van der Waals surface area contributed by atoms with Gasteiger partial charge in [-0.2, -0.15) is 0 Å². The molecule has 6 nitrogen and oxygen atoms in total. The Bertz CT molecular complexity index is 631. The molecule has 0 aromatic rings. The minimum absolute atomic E-state index is 0.374. The second kappa shape index (κ2) is 34.2. The molecule has 0 radical (unpaired) electrons. The third-order valence-corrected chi connectivity index (χ3v) is 9.75. The number of aliphatic hydroxyl groups excluding tert-OH is 4. The Morgan fingerprint density at radius 1 is 0.500 bits per heavy atom. The summed E-state index contributed by atoms with van der Waals surface area (Å²) in [4.78, 5) is 12.5. The summed E-state index contributed by atoms with van der Waals surface area (Å²) in [5.41, 5.74) is 0. The number of hydrogen-bond donors (Lipinski definition) is 5. The number of unbranched alkanes of at least 4 members (excludes halogenated alkanes) is 25. The molecule has 0 rings (SSSR count). The number of carbonyl (C=O) groups is 1. The summed E-state index contributed by atoms with van der Waals surface area (Å²) in [6.45, 7) is 6.39. The van der Waals surface area contributed by atoms with Crippen molar-refractivity contribution in [1.82, 2.24) is 5.32 Å². The Labute approximate surface area is 286 Å². The molecular weight excluding hydrogens is 574 g/mol. The number of amides is 1. The van der Waals surface area contributed by atoms with Gasteiger partial charge in [0, 0.05) is 0 Å². The first-order valence-corrected chi connectivity index (χ1v) is 20.3. The van der Waals surface area contributed by atoms with E-state index >= 15 is 0 Å². The molecule has 0 aromatic heterocycles. The second-order valence-electron chi connectivity index (χ2n) is 14.8. The van der Waals surface area contributed by atoms with Crippen molar-refractivity contribution in [2.24, 2.45) is 5.92 Å². The molecule has 0 aliphatic rings. The Balaban J connectivity index is 3.69. The van der Waals surface area contributed by atoms with Crippen LogP contribution in [0.5, 0.6) is 0 Å². The third kappa shape index (κ3) is 29.4. The predicted octanol–water partition coefficient (Wildman–Crippen LogP) is 9.93. The Hall–Kier alpha value is -0.690. The summed E-state index contributed by atoms with van der Waals surface area (Å²) in [6, 6.07) is -0.977. The van der Waals surface area contributed by atoms with Crippen molar-refractivity contribution in [2.45, 2.75) is 238 Å². The largest absolute Gasteiger partial charge is 0.394 e.